The molecule has 0 radical (unpaired) electrons. The van der Waals surface area contributed by atoms with Gasteiger partial charge in [-0.3, -0.25) is 0 Å². The smallest absolute Gasteiger partial charge is 0.350 e. The van der Waals surface area contributed by atoms with E-state index in [0.29, 0.717) is 4.88 Å². The van der Waals surface area contributed by atoms with Gasteiger partial charge in [0, 0.05) is 4.47 Å². The second-order valence-electron chi connectivity index (χ2n) is 3.73. The molecule has 0 saturated carbocycles. The molecule has 2 nitrogen and oxygen atoms in total. The predicted molar refractivity (Wildman–Crippen MR) is 64.9 cm³/mol. The van der Waals surface area contributed by atoms with E-state index in [9.17, 15) is 4.79 Å². The van der Waals surface area contributed by atoms with E-state index < -0.39 is 5.60 Å². The first kappa shape index (κ1) is 12.2. The Hall–Kier alpha value is 0.130. The maximum absolute atomic E-state index is 11.6. The van der Waals surface area contributed by atoms with Gasteiger partial charge >= 0.3 is 5.97 Å². The first-order valence-corrected chi connectivity index (χ1v) is 6.38. The number of carbonyl (C=O) groups is 1. The maximum Gasteiger partial charge on any atom is 0.350 e. The molecular formula is C9H10Br2O2S. The quantitative estimate of drug-likeness (QED) is 0.714. The molecule has 0 spiro atoms. The third-order valence-electron chi connectivity index (χ3n) is 1.24. The van der Waals surface area contributed by atoms with Gasteiger partial charge in [-0.05, 0) is 58.7 Å². The van der Waals surface area contributed by atoms with Crippen LogP contribution < -0.4 is 0 Å². The normalized spacial score (nSPS) is 11.5. The van der Waals surface area contributed by atoms with Crippen molar-refractivity contribution in [2.24, 2.45) is 0 Å². The largest absolute Gasteiger partial charge is 0.456 e. The zero-order chi connectivity index (χ0) is 10.9. The van der Waals surface area contributed by atoms with Crippen LogP contribution in [0, 0.1) is 0 Å². The summed E-state index contributed by atoms with van der Waals surface area (Å²) in [5, 5.41) is 0. The van der Waals surface area contributed by atoms with E-state index in [1.54, 1.807) is 0 Å². The Morgan fingerprint density at radius 1 is 1.43 bits per heavy atom. The Labute approximate surface area is 104 Å². The first-order chi connectivity index (χ1) is 6.29. The fourth-order valence-corrected chi connectivity index (χ4v) is 3.26. The number of rotatable bonds is 1. The highest BCUT2D eigenvalue weighted by Gasteiger charge is 2.21. The lowest BCUT2D eigenvalue weighted by Gasteiger charge is -2.18. The van der Waals surface area contributed by atoms with Crippen molar-refractivity contribution in [2.75, 3.05) is 0 Å². The second-order valence-corrected chi connectivity index (χ2v) is 7.02. The molecule has 1 aromatic rings. The van der Waals surface area contributed by atoms with Crippen LogP contribution in [0.4, 0.5) is 0 Å². The molecule has 0 aliphatic carbocycles. The highest BCUT2D eigenvalue weighted by Crippen LogP contribution is 2.32. The molecule has 1 aromatic heterocycles. The minimum absolute atomic E-state index is 0.292. The average molecular weight is 342 g/mol. The highest BCUT2D eigenvalue weighted by atomic mass is 79.9. The summed E-state index contributed by atoms with van der Waals surface area (Å²) in [4.78, 5) is 12.2. The van der Waals surface area contributed by atoms with Crippen LogP contribution in [0.2, 0.25) is 0 Å². The van der Waals surface area contributed by atoms with Crippen molar-refractivity contribution >= 4 is 49.2 Å². The number of carbonyl (C=O) groups excluding carboxylic acids is 1. The van der Waals surface area contributed by atoms with E-state index in [2.05, 4.69) is 31.9 Å². The number of esters is 1. The fourth-order valence-electron chi connectivity index (χ4n) is 0.805. The number of ether oxygens (including phenoxy) is 1. The summed E-state index contributed by atoms with van der Waals surface area (Å²) in [6.07, 6.45) is 0. The summed E-state index contributed by atoms with van der Waals surface area (Å²) in [5.74, 6) is -0.292. The average Bonchev–Trinajstić information content (AvgIpc) is 2.26. The molecule has 0 N–H and O–H groups in total. The molecule has 0 aromatic carbocycles. The number of halogens is 2. The van der Waals surface area contributed by atoms with Crippen LogP contribution in [0.3, 0.4) is 0 Å². The molecule has 0 amide bonds. The molecule has 0 fully saturated rings. The molecule has 0 unspecified atom stereocenters. The molecule has 0 bridgehead atoms. The van der Waals surface area contributed by atoms with Crippen LogP contribution in [0.5, 0.6) is 0 Å². The standard InChI is InChI=1S/C9H10Br2O2S/c1-9(2,3)13-8(12)7-5(10)4-6(11)14-7/h4H,1-3H3. The van der Waals surface area contributed by atoms with Crippen LogP contribution in [0.1, 0.15) is 30.4 Å². The zero-order valence-corrected chi connectivity index (χ0v) is 12.0. The lowest BCUT2D eigenvalue weighted by molar-refractivity contribution is 0.00743. The summed E-state index contributed by atoms with van der Waals surface area (Å²) in [6, 6.07) is 1.84. The molecule has 78 valence electrons. The Balaban J connectivity index is 2.85. The molecule has 0 saturated heterocycles. The third kappa shape index (κ3) is 3.37. The van der Waals surface area contributed by atoms with Crippen molar-refractivity contribution in [3.8, 4) is 0 Å². The monoisotopic (exact) mass is 340 g/mol. The Morgan fingerprint density at radius 2 is 2.00 bits per heavy atom. The van der Waals surface area contributed by atoms with Crippen LogP contribution >= 0.6 is 43.2 Å². The van der Waals surface area contributed by atoms with Crippen LogP contribution in [0.15, 0.2) is 14.3 Å². The van der Waals surface area contributed by atoms with E-state index in [4.69, 9.17) is 4.74 Å². The van der Waals surface area contributed by atoms with Crippen molar-refractivity contribution in [3.63, 3.8) is 0 Å². The summed E-state index contributed by atoms with van der Waals surface area (Å²) < 4.78 is 6.91. The van der Waals surface area contributed by atoms with E-state index in [1.165, 1.54) is 11.3 Å². The van der Waals surface area contributed by atoms with E-state index in [0.717, 1.165) is 8.26 Å². The van der Waals surface area contributed by atoms with Crippen LogP contribution in [-0.4, -0.2) is 11.6 Å². The molecule has 5 heteroatoms. The minimum Gasteiger partial charge on any atom is -0.456 e. The van der Waals surface area contributed by atoms with Gasteiger partial charge in [0.05, 0.1) is 3.79 Å². The number of thiophene rings is 1. The van der Waals surface area contributed by atoms with Gasteiger partial charge < -0.3 is 4.74 Å². The van der Waals surface area contributed by atoms with Gasteiger partial charge in [0.2, 0.25) is 0 Å². The van der Waals surface area contributed by atoms with Gasteiger partial charge in [-0.1, -0.05) is 0 Å². The van der Waals surface area contributed by atoms with Gasteiger partial charge in [-0.25, -0.2) is 4.79 Å². The molecular weight excluding hydrogens is 332 g/mol. The maximum atomic E-state index is 11.6. The van der Waals surface area contributed by atoms with Crippen LogP contribution in [-0.2, 0) is 4.74 Å². The summed E-state index contributed by atoms with van der Waals surface area (Å²) in [5.41, 5.74) is -0.451. The summed E-state index contributed by atoms with van der Waals surface area (Å²) >= 11 is 7.97. The van der Waals surface area contributed by atoms with E-state index >= 15 is 0 Å². The van der Waals surface area contributed by atoms with Crippen molar-refractivity contribution in [3.05, 3.63) is 19.2 Å². The van der Waals surface area contributed by atoms with Crippen molar-refractivity contribution in [1.29, 1.82) is 0 Å². The Kier molecular flexibility index (Phi) is 3.77. The molecule has 0 atom stereocenters. The lowest BCUT2D eigenvalue weighted by atomic mass is 10.2. The summed E-state index contributed by atoms with van der Waals surface area (Å²) in [6.45, 7) is 5.55. The number of hydrogen-bond acceptors (Lipinski definition) is 3. The lowest BCUT2D eigenvalue weighted by Crippen LogP contribution is -2.23. The van der Waals surface area contributed by atoms with Gasteiger partial charge in [0.15, 0.2) is 0 Å². The topological polar surface area (TPSA) is 26.3 Å². The zero-order valence-electron chi connectivity index (χ0n) is 8.06. The molecule has 1 rings (SSSR count). The molecule has 0 aliphatic heterocycles. The van der Waals surface area contributed by atoms with Gasteiger partial charge in [0.25, 0.3) is 0 Å². The van der Waals surface area contributed by atoms with Crippen molar-refractivity contribution < 1.29 is 9.53 Å². The highest BCUT2D eigenvalue weighted by molar-refractivity contribution is 9.11. The van der Waals surface area contributed by atoms with Gasteiger partial charge in [-0.2, -0.15) is 0 Å². The fraction of sp³-hybridized carbons (Fsp3) is 0.444. The van der Waals surface area contributed by atoms with Crippen molar-refractivity contribution in [1.82, 2.24) is 0 Å². The molecule has 14 heavy (non-hydrogen) atoms. The Morgan fingerprint density at radius 3 is 2.36 bits per heavy atom. The van der Waals surface area contributed by atoms with E-state index in [-0.39, 0.29) is 5.97 Å². The second kappa shape index (κ2) is 4.33. The van der Waals surface area contributed by atoms with Crippen molar-refractivity contribution in [2.45, 2.75) is 26.4 Å². The first-order valence-electron chi connectivity index (χ1n) is 3.98. The molecule has 1 heterocycles. The van der Waals surface area contributed by atoms with Crippen LogP contribution in [0.25, 0.3) is 0 Å². The third-order valence-corrected chi connectivity index (χ3v) is 3.75. The van der Waals surface area contributed by atoms with Gasteiger partial charge in [-0.15, -0.1) is 11.3 Å². The number of hydrogen-bond donors (Lipinski definition) is 0. The van der Waals surface area contributed by atoms with E-state index in [1.807, 2.05) is 26.8 Å². The van der Waals surface area contributed by atoms with Gasteiger partial charge in [0.1, 0.15) is 10.5 Å². The predicted octanol–water partition coefficient (Wildman–Crippen LogP) is 4.23. The molecule has 0 aliphatic rings. The Bertz CT molecular complexity index is 352. The minimum atomic E-state index is -0.451. The SMILES string of the molecule is CC(C)(C)OC(=O)c1sc(Br)cc1Br. The summed E-state index contributed by atoms with van der Waals surface area (Å²) in [7, 11) is 0.